The van der Waals surface area contributed by atoms with Crippen molar-refractivity contribution in [2.75, 3.05) is 18.9 Å². The summed E-state index contributed by atoms with van der Waals surface area (Å²) < 4.78 is 51.0. The monoisotopic (exact) mass is 460 g/mol. The van der Waals surface area contributed by atoms with E-state index < -0.39 is 23.9 Å². The molecule has 7 nitrogen and oxygen atoms in total. The van der Waals surface area contributed by atoms with Gasteiger partial charge in [0.2, 0.25) is 0 Å². The number of fused-ring (bicyclic) bond motifs is 4. The number of hydrogen-bond acceptors (Lipinski definition) is 5. The molecule has 5 rings (SSSR count). The Labute approximate surface area is 187 Å². The van der Waals surface area contributed by atoms with Crippen LogP contribution in [0, 0.1) is 0 Å². The van der Waals surface area contributed by atoms with Crippen LogP contribution in [-0.4, -0.2) is 33.9 Å². The number of nitrogens with one attached hydrogen (secondary N) is 1. The van der Waals surface area contributed by atoms with Crippen LogP contribution < -0.4 is 5.73 Å². The molecule has 2 aliphatic heterocycles. The molecular formula is C23H23F3N4O3. The zero-order valence-electron chi connectivity index (χ0n) is 18.1. The molecule has 0 saturated heterocycles. The van der Waals surface area contributed by atoms with Crippen LogP contribution in [0.1, 0.15) is 64.3 Å². The summed E-state index contributed by atoms with van der Waals surface area (Å²) in [5.74, 6) is 0.0835. The van der Waals surface area contributed by atoms with E-state index in [2.05, 4.69) is 9.97 Å². The Morgan fingerprint density at radius 1 is 1.24 bits per heavy atom. The van der Waals surface area contributed by atoms with Gasteiger partial charge in [0.15, 0.2) is 0 Å². The van der Waals surface area contributed by atoms with Crippen LogP contribution in [0.3, 0.4) is 0 Å². The predicted molar refractivity (Wildman–Crippen MR) is 114 cm³/mol. The fraction of sp³-hybridized carbons (Fsp3) is 0.391. The largest absolute Gasteiger partial charge is 0.416 e. The van der Waals surface area contributed by atoms with E-state index in [0.29, 0.717) is 53.4 Å². The molecule has 0 aliphatic carbocycles. The molecule has 10 heteroatoms. The van der Waals surface area contributed by atoms with Crippen molar-refractivity contribution in [3.05, 3.63) is 57.8 Å². The summed E-state index contributed by atoms with van der Waals surface area (Å²) in [6.07, 6.45) is -4.96. The first kappa shape index (κ1) is 21.7. The minimum Gasteiger partial charge on any atom is -0.383 e. The lowest BCUT2D eigenvalue weighted by Crippen LogP contribution is -2.40. The number of likely N-dealkylation sites (N-methyl/N-ethyl adjacent to an activating group) is 1. The van der Waals surface area contributed by atoms with Crippen LogP contribution in [-0.2, 0) is 28.9 Å². The molecule has 0 spiro atoms. The van der Waals surface area contributed by atoms with E-state index in [-0.39, 0.29) is 12.5 Å². The molecule has 3 N–H and O–H groups in total. The van der Waals surface area contributed by atoms with Crippen LogP contribution in [0.2, 0.25) is 0 Å². The maximum atomic E-state index is 13.5. The molecule has 3 aromatic rings. The molecule has 174 valence electrons. The van der Waals surface area contributed by atoms with E-state index in [1.807, 2.05) is 6.92 Å². The molecular weight excluding hydrogens is 437 g/mol. The lowest BCUT2D eigenvalue weighted by molar-refractivity contribution is -0.137. The highest BCUT2D eigenvalue weighted by molar-refractivity contribution is 5.98. The van der Waals surface area contributed by atoms with Crippen molar-refractivity contribution in [2.45, 2.75) is 45.4 Å². The number of hydrogen-bond donors (Lipinski definition) is 2. The van der Waals surface area contributed by atoms with Gasteiger partial charge in [0.1, 0.15) is 11.5 Å². The number of amides is 1. The number of aromatic amines is 1. The lowest BCUT2D eigenvalue weighted by Gasteiger charge is -2.37. The van der Waals surface area contributed by atoms with Gasteiger partial charge in [0, 0.05) is 17.7 Å². The zero-order valence-corrected chi connectivity index (χ0v) is 18.1. The lowest BCUT2D eigenvalue weighted by atomic mass is 9.91. The minimum atomic E-state index is -4.45. The number of halogens is 3. The van der Waals surface area contributed by atoms with Crippen molar-refractivity contribution in [1.29, 1.82) is 0 Å². The van der Waals surface area contributed by atoms with Gasteiger partial charge in [-0.1, -0.05) is 6.07 Å². The Bertz CT molecular complexity index is 1250. The smallest absolute Gasteiger partial charge is 0.383 e. The van der Waals surface area contributed by atoms with Crippen LogP contribution >= 0.6 is 0 Å². The number of nitrogen functional groups attached to an aromatic ring is 1. The number of aromatic nitrogens is 2. The maximum absolute atomic E-state index is 13.5. The number of rotatable bonds is 3. The van der Waals surface area contributed by atoms with Crippen molar-refractivity contribution in [1.82, 2.24) is 14.9 Å². The minimum absolute atomic E-state index is 0.188. The van der Waals surface area contributed by atoms with E-state index in [0.717, 1.165) is 23.3 Å². The third kappa shape index (κ3) is 3.53. The fourth-order valence-electron chi connectivity index (χ4n) is 4.70. The van der Waals surface area contributed by atoms with Gasteiger partial charge in [0.25, 0.3) is 5.91 Å². The van der Waals surface area contributed by atoms with Crippen molar-refractivity contribution in [2.24, 2.45) is 0 Å². The summed E-state index contributed by atoms with van der Waals surface area (Å²) in [5, 5.41) is 0. The summed E-state index contributed by atoms with van der Waals surface area (Å²) >= 11 is 0. The molecule has 4 heterocycles. The first-order valence-corrected chi connectivity index (χ1v) is 10.7. The molecule has 0 saturated carbocycles. The number of benzene rings is 1. The van der Waals surface area contributed by atoms with Crippen LogP contribution in [0.25, 0.3) is 11.0 Å². The first-order valence-electron chi connectivity index (χ1n) is 10.7. The molecule has 2 aromatic heterocycles. The molecule has 2 aliphatic rings. The molecule has 1 amide bonds. The second-order valence-electron chi connectivity index (χ2n) is 8.31. The highest BCUT2D eigenvalue weighted by Gasteiger charge is 2.37. The van der Waals surface area contributed by atoms with E-state index in [9.17, 15) is 18.0 Å². The van der Waals surface area contributed by atoms with Crippen LogP contribution in [0.15, 0.2) is 24.3 Å². The number of nitrogens with zero attached hydrogens (tertiary/aromatic N) is 2. The standard InChI is InChI=1S/C23H23F3N4O3/c1-3-30(19-10-33-11(2)14-6-12(23(24,25)26)4-5-13(14)19)22(31)18-7-17-20(28-18)15-8-32-9-16(15)21(27)29-17/h4-7,11,19,28H,3,8-10H2,1-2H3,(H2,27,29)/t11-,19-/m1/s1. The fourth-order valence-corrected chi connectivity index (χ4v) is 4.70. The van der Waals surface area contributed by atoms with Crippen molar-refractivity contribution in [3.8, 4) is 0 Å². The Kier molecular flexibility index (Phi) is 5.09. The summed E-state index contributed by atoms with van der Waals surface area (Å²) in [6.45, 7) is 4.82. The third-order valence-electron chi connectivity index (χ3n) is 6.43. The maximum Gasteiger partial charge on any atom is 0.416 e. The quantitative estimate of drug-likeness (QED) is 0.601. The van der Waals surface area contributed by atoms with E-state index in [1.54, 1.807) is 17.9 Å². The predicted octanol–water partition coefficient (Wildman–Crippen LogP) is 4.49. The average molecular weight is 460 g/mol. The van der Waals surface area contributed by atoms with E-state index >= 15 is 0 Å². The number of carbonyl (C=O) groups excluding carboxylic acids is 1. The first-order chi connectivity index (χ1) is 15.7. The second-order valence-corrected chi connectivity index (χ2v) is 8.31. The highest BCUT2D eigenvalue weighted by Crippen LogP contribution is 2.40. The summed E-state index contributed by atoms with van der Waals surface area (Å²) in [4.78, 5) is 22.7. The molecule has 1 aromatic carbocycles. The number of pyridine rings is 1. The summed E-state index contributed by atoms with van der Waals surface area (Å²) in [7, 11) is 0. The molecule has 0 fully saturated rings. The van der Waals surface area contributed by atoms with Gasteiger partial charge in [-0.25, -0.2) is 4.98 Å². The Balaban J connectivity index is 1.52. The number of ether oxygens (including phenoxy) is 2. The second kappa shape index (κ2) is 7.74. The van der Waals surface area contributed by atoms with Crippen molar-refractivity contribution < 1.29 is 27.4 Å². The Morgan fingerprint density at radius 3 is 2.73 bits per heavy atom. The van der Waals surface area contributed by atoms with Gasteiger partial charge in [0.05, 0.1) is 48.6 Å². The average Bonchev–Trinajstić information content (AvgIpc) is 3.42. The van der Waals surface area contributed by atoms with Gasteiger partial charge in [-0.3, -0.25) is 4.79 Å². The van der Waals surface area contributed by atoms with Gasteiger partial charge in [-0.05, 0) is 43.2 Å². The normalized spacial score (nSPS) is 20.0. The summed E-state index contributed by atoms with van der Waals surface area (Å²) in [5.41, 5.74) is 9.71. The molecule has 0 bridgehead atoms. The summed E-state index contributed by atoms with van der Waals surface area (Å²) in [6, 6.07) is 4.75. The van der Waals surface area contributed by atoms with Gasteiger partial charge >= 0.3 is 6.18 Å². The highest BCUT2D eigenvalue weighted by atomic mass is 19.4. The molecule has 0 radical (unpaired) electrons. The Hall–Kier alpha value is -3.11. The van der Waals surface area contributed by atoms with Gasteiger partial charge < -0.3 is 25.1 Å². The van der Waals surface area contributed by atoms with E-state index in [4.69, 9.17) is 15.2 Å². The number of alkyl halides is 3. The zero-order chi connectivity index (χ0) is 23.5. The molecule has 33 heavy (non-hydrogen) atoms. The van der Waals surface area contributed by atoms with Crippen molar-refractivity contribution >= 4 is 22.8 Å². The van der Waals surface area contributed by atoms with E-state index in [1.165, 1.54) is 6.07 Å². The van der Waals surface area contributed by atoms with Gasteiger partial charge in [-0.2, -0.15) is 13.2 Å². The number of carbonyl (C=O) groups is 1. The Morgan fingerprint density at radius 2 is 2.00 bits per heavy atom. The number of H-pyrrole nitrogens is 1. The molecule has 0 unspecified atom stereocenters. The topological polar surface area (TPSA) is 93.5 Å². The van der Waals surface area contributed by atoms with Crippen LogP contribution in [0.4, 0.5) is 19.0 Å². The number of nitrogens with two attached hydrogens (primary N) is 1. The molecule has 2 atom stereocenters. The third-order valence-corrected chi connectivity index (χ3v) is 6.43. The van der Waals surface area contributed by atoms with Crippen molar-refractivity contribution in [3.63, 3.8) is 0 Å². The van der Waals surface area contributed by atoms with Gasteiger partial charge in [-0.15, -0.1) is 0 Å². The number of anilines is 1. The van der Waals surface area contributed by atoms with Crippen LogP contribution in [0.5, 0.6) is 0 Å². The SMILES string of the molecule is CCN(C(=O)c1cc2nc(N)c3c(c2[nH]1)COC3)[C@@H]1CO[C@H](C)c2cc(C(F)(F)F)ccc21.